The Kier molecular flexibility index (Phi) is 3.95. The van der Waals surface area contributed by atoms with Crippen LogP contribution >= 0.6 is 0 Å². The van der Waals surface area contributed by atoms with Gasteiger partial charge in [0.25, 0.3) is 10.0 Å². The van der Waals surface area contributed by atoms with Crippen LogP contribution in [0.25, 0.3) is 0 Å². The molecule has 0 unspecified atom stereocenters. The third kappa shape index (κ3) is 3.38. The smallest absolute Gasteiger partial charge is 0.262 e. The molecule has 0 bridgehead atoms. The Bertz CT molecular complexity index is 802. The normalized spacial score (nSPS) is 11.1. The van der Waals surface area contributed by atoms with Gasteiger partial charge in [0.05, 0.1) is 16.6 Å². The molecule has 0 saturated heterocycles. The number of carboxylic acids is 1. The van der Waals surface area contributed by atoms with E-state index < -0.39 is 21.8 Å². The van der Waals surface area contributed by atoms with Gasteiger partial charge in [-0.2, -0.15) is 0 Å². The molecule has 0 atom stereocenters. The van der Waals surface area contributed by atoms with Gasteiger partial charge in [0.2, 0.25) is 0 Å². The summed E-state index contributed by atoms with van der Waals surface area (Å²) in [5.41, 5.74) is 0.471. The van der Waals surface area contributed by atoms with E-state index in [1.165, 1.54) is 24.3 Å². The number of anilines is 1. The van der Waals surface area contributed by atoms with Gasteiger partial charge in [-0.25, -0.2) is 12.8 Å². The van der Waals surface area contributed by atoms with Gasteiger partial charge in [-0.05, 0) is 42.3 Å². The Hall–Kier alpha value is -2.41. The van der Waals surface area contributed by atoms with Crippen molar-refractivity contribution in [2.75, 3.05) is 4.72 Å². The van der Waals surface area contributed by atoms with Gasteiger partial charge in [-0.3, -0.25) is 4.72 Å². The second-order valence-electron chi connectivity index (χ2n) is 4.38. The van der Waals surface area contributed by atoms with E-state index in [1.54, 1.807) is 6.92 Å². The number of carboxylic acid groups (broad SMARTS) is 1. The SMILES string of the molecule is Cc1ccc(C(=O)[O-])cc1NS(=O)(=O)c1cccc(F)c1. The van der Waals surface area contributed by atoms with Crippen molar-refractivity contribution in [1.29, 1.82) is 0 Å². The maximum Gasteiger partial charge on any atom is 0.262 e. The number of rotatable bonds is 4. The fraction of sp³-hybridized carbons (Fsp3) is 0.0714. The van der Waals surface area contributed by atoms with Crippen LogP contribution in [-0.4, -0.2) is 14.4 Å². The van der Waals surface area contributed by atoms with E-state index in [2.05, 4.69) is 4.72 Å². The summed E-state index contributed by atoms with van der Waals surface area (Å²) >= 11 is 0. The molecule has 0 aliphatic heterocycles. The van der Waals surface area contributed by atoms with Gasteiger partial charge >= 0.3 is 0 Å². The van der Waals surface area contributed by atoms with Crippen LogP contribution in [0.15, 0.2) is 47.4 Å². The summed E-state index contributed by atoms with van der Waals surface area (Å²) in [4.78, 5) is 10.6. The summed E-state index contributed by atoms with van der Waals surface area (Å²) in [7, 11) is -4.00. The van der Waals surface area contributed by atoms with Crippen molar-refractivity contribution < 1.29 is 22.7 Å². The number of halogens is 1. The summed E-state index contributed by atoms with van der Waals surface area (Å²) in [6.45, 7) is 1.61. The van der Waals surface area contributed by atoms with Gasteiger partial charge in [-0.15, -0.1) is 0 Å². The standard InChI is InChI=1S/C14H12FNO4S/c1-9-5-6-10(14(17)18)7-13(9)16-21(19,20)12-4-2-3-11(15)8-12/h2-8,16H,1H3,(H,17,18)/p-1. The monoisotopic (exact) mass is 308 g/mol. The van der Waals surface area contributed by atoms with E-state index in [-0.39, 0.29) is 16.1 Å². The molecule has 0 aliphatic rings. The zero-order chi connectivity index (χ0) is 15.6. The van der Waals surface area contributed by atoms with Crippen LogP contribution < -0.4 is 9.83 Å². The highest BCUT2D eigenvalue weighted by Gasteiger charge is 2.16. The average Bonchev–Trinajstić information content (AvgIpc) is 2.41. The Morgan fingerprint density at radius 1 is 1.19 bits per heavy atom. The Balaban J connectivity index is 2.41. The topological polar surface area (TPSA) is 86.3 Å². The van der Waals surface area contributed by atoms with Gasteiger partial charge in [-0.1, -0.05) is 18.2 Å². The van der Waals surface area contributed by atoms with Gasteiger partial charge in [0.1, 0.15) is 5.82 Å². The molecule has 0 amide bonds. The summed E-state index contributed by atoms with van der Waals surface area (Å²) in [6.07, 6.45) is 0. The summed E-state index contributed by atoms with van der Waals surface area (Å²) < 4.78 is 39.6. The first kappa shape index (κ1) is 15.0. The molecule has 5 nitrogen and oxygen atoms in total. The number of hydrogen-bond acceptors (Lipinski definition) is 4. The van der Waals surface area contributed by atoms with E-state index in [0.29, 0.717) is 5.56 Å². The van der Waals surface area contributed by atoms with Gasteiger partial charge in [0.15, 0.2) is 0 Å². The van der Waals surface area contributed by atoms with Crippen LogP contribution in [0.5, 0.6) is 0 Å². The molecule has 21 heavy (non-hydrogen) atoms. The first-order valence-electron chi connectivity index (χ1n) is 5.90. The number of aryl methyl sites for hydroxylation is 1. The molecule has 0 spiro atoms. The lowest BCUT2D eigenvalue weighted by atomic mass is 10.1. The molecule has 7 heteroatoms. The lowest BCUT2D eigenvalue weighted by Crippen LogP contribution is -2.22. The van der Waals surface area contributed by atoms with Gasteiger partial charge in [0, 0.05) is 0 Å². The van der Waals surface area contributed by atoms with Gasteiger partial charge < -0.3 is 9.90 Å². The van der Waals surface area contributed by atoms with Crippen molar-refractivity contribution in [1.82, 2.24) is 0 Å². The Morgan fingerprint density at radius 3 is 2.52 bits per heavy atom. The molecule has 0 aliphatic carbocycles. The summed E-state index contributed by atoms with van der Waals surface area (Å²) in [6, 6.07) is 8.43. The fourth-order valence-electron chi connectivity index (χ4n) is 1.70. The summed E-state index contributed by atoms with van der Waals surface area (Å²) in [5.74, 6) is -2.10. The highest BCUT2D eigenvalue weighted by atomic mass is 32.2. The predicted octanol–water partition coefficient (Wildman–Crippen LogP) is 1.30. The highest BCUT2D eigenvalue weighted by Crippen LogP contribution is 2.21. The minimum absolute atomic E-state index is 0.0981. The van der Waals surface area contributed by atoms with Crippen LogP contribution in [0.4, 0.5) is 10.1 Å². The second-order valence-corrected chi connectivity index (χ2v) is 6.06. The van der Waals surface area contributed by atoms with Crippen LogP contribution in [0.1, 0.15) is 15.9 Å². The highest BCUT2D eigenvalue weighted by molar-refractivity contribution is 7.92. The van der Waals surface area contributed by atoms with Crippen molar-refractivity contribution in [2.24, 2.45) is 0 Å². The van der Waals surface area contributed by atoms with Crippen LogP contribution in [0.2, 0.25) is 0 Å². The largest absolute Gasteiger partial charge is 0.545 e. The van der Waals surface area contributed by atoms with E-state index in [1.807, 2.05) is 0 Å². The number of sulfonamides is 1. The molecule has 0 fully saturated rings. The van der Waals surface area contributed by atoms with Crippen LogP contribution in [-0.2, 0) is 10.0 Å². The maximum absolute atomic E-state index is 13.1. The van der Waals surface area contributed by atoms with E-state index in [9.17, 15) is 22.7 Å². The molecule has 0 heterocycles. The molecule has 0 radical (unpaired) electrons. The molecule has 110 valence electrons. The average molecular weight is 308 g/mol. The molecular weight excluding hydrogens is 297 g/mol. The third-order valence-corrected chi connectivity index (χ3v) is 4.19. The van der Waals surface area contributed by atoms with Crippen molar-refractivity contribution in [2.45, 2.75) is 11.8 Å². The maximum atomic E-state index is 13.1. The summed E-state index contributed by atoms with van der Waals surface area (Å²) in [5, 5.41) is 10.8. The quantitative estimate of drug-likeness (QED) is 0.922. The molecule has 1 N–H and O–H groups in total. The van der Waals surface area contributed by atoms with Crippen molar-refractivity contribution in [3.63, 3.8) is 0 Å². The molecule has 2 rings (SSSR count). The number of carbonyl (C=O) groups is 1. The number of benzene rings is 2. The molecule has 2 aromatic carbocycles. The number of hydrogen-bond donors (Lipinski definition) is 1. The van der Waals surface area contributed by atoms with E-state index in [0.717, 1.165) is 18.2 Å². The number of nitrogens with one attached hydrogen (secondary N) is 1. The number of aromatic carboxylic acids is 1. The molecular formula is C14H11FNO4S-. The zero-order valence-electron chi connectivity index (χ0n) is 11.0. The van der Waals surface area contributed by atoms with Crippen molar-refractivity contribution in [3.8, 4) is 0 Å². The lowest BCUT2D eigenvalue weighted by molar-refractivity contribution is -0.255. The van der Waals surface area contributed by atoms with Crippen LogP contribution in [0, 0.1) is 12.7 Å². The van der Waals surface area contributed by atoms with E-state index in [4.69, 9.17) is 0 Å². The van der Waals surface area contributed by atoms with E-state index >= 15 is 0 Å². The lowest BCUT2D eigenvalue weighted by Gasteiger charge is -2.12. The molecule has 2 aromatic rings. The first-order chi connectivity index (χ1) is 9.79. The first-order valence-corrected chi connectivity index (χ1v) is 7.38. The zero-order valence-corrected chi connectivity index (χ0v) is 11.8. The second kappa shape index (κ2) is 5.53. The molecule has 0 aromatic heterocycles. The minimum atomic E-state index is -4.00. The van der Waals surface area contributed by atoms with Crippen molar-refractivity contribution >= 4 is 21.7 Å². The van der Waals surface area contributed by atoms with Crippen molar-refractivity contribution in [3.05, 3.63) is 59.4 Å². The Labute approximate surface area is 121 Å². The Morgan fingerprint density at radius 2 is 1.90 bits per heavy atom. The number of carbonyl (C=O) groups excluding carboxylic acids is 1. The fourth-order valence-corrected chi connectivity index (χ4v) is 2.85. The molecule has 0 saturated carbocycles. The third-order valence-electron chi connectivity index (χ3n) is 2.82. The predicted molar refractivity (Wildman–Crippen MR) is 72.7 cm³/mol. The van der Waals surface area contributed by atoms with Crippen LogP contribution in [0.3, 0.4) is 0 Å². The minimum Gasteiger partial charge on any atom is -0.545 e.